The fraction of sp³-hybridized carbons (Fsp3) is 0.231. The van der Waals surface area contributed by atoms with Crippen LogP contribution in [0.5, 0.6) is 0 Å². The van der Waals surface area contributed by atoms with E-state index in [4.69, 9.17) is 0 Å². The second-order valence-corrected chi connectivity index (χ2v) is 8.16. The normalized spacial score (nSPS) is 11.9. The second kappa shape index (κ2) is 10.3. The highest BCUT2D eigenvalue weighted by Gasteiger charge is 2.21. The van der Waals surface area contributed by atoms with E-state index in [0.29, 0.717) is 5.92 Å². The monoisotopic (exact) mass is 431 g/mol. The number of nitrogens with zero attached hydrogens (tertiary/aromatic N) is 1. The molecule has 0 aliphatic heterocycles. The Labute approximate surface area is 177 Å². The maximum atomic E-state index is 3.71. The topological polar surface area (TPSA) is 3.24 Å². The zero-order chi connectivity index (χ0) is 19.8. The Morgan fingerprint density at radius 1 is 0.786 bits per heavy atom. The summed E-state index contributed by atoms with van der Waals surface area (Å²) in [6.45, 7) is 6.22. The summed E-state index contributed by atoms with van der Waals surface area (Å²) in [7, 11) is 0. The van der Waals surface area contributed by atoms with Crippen molar-refractivity contribution in [2.45, 2.75) is 33.0 Å². The molecule has 2 heteroatoms. The summed E-state index contributed by atoms with van der Waals surface area (Å²) in [5.74, 6) is 7.36. The zero-order valence-corrected chi connectivity index (χ0v) is 18.1. The van der Waals surface area contributed by atoms with Gasteiger partial charge in [-0.15, -0.1) is 0 Å². The molecule has 0 amide bonds. The first-order valence-electron chi connectivity index (χ1n) is 9.71. The molecule has 1 unspecified atom stereocenters. The average molecular weight is 432 g/mol. The molecule has 1 nitrogen and oxygen atoms in total. The van der Waals surface area contributed by atoms with Gasteiger partial charge in [-0.05, 0) is 35.2 Å². The van der Waals surface area contributed by atoms with Gasteiger partial charge in [0.05, 0.1) is 6.04 Å². The second-order valence-electron chi connectivity index (χ2n) is 7.31. The Morgan fingerprint density at radius 2 is 1.39 bits per heavy atom. The lowest BCUT2D eigenvalue weighted by Crippen LogP contribution is -2.37. The minimum Gasteiger partial charge on any atom is -0.281 e. The maximum Gasteiger partial charge on any atom is 0.0747 e. The van der Waals surface area contributed by atoms with Gasteiger partial charge < -0.3 is 0 Å². The van der Waals surface area contributed by atoms with E-state index in [1.165, 1.54) is 11.1 Å². The SMILES string of the molecule is CC(C)C(C#Cc1ccccc1)N(Cc1ccccc1)Cc1ccccc1Br. The van der Waals surface area contributed by atoms with Crippen LogP contribution in [0.25, 0.3) is 0 Å². The molecule has 0 heterocycles. The molecule has 1 atom stereocenters. The summed E-state index contributed by atoms with van der Waals surface area (Å²) in [4.78, 5) is 2.48. The van der Waals surface area contributed by atoms with Crippen molar-refractivity contribution in [3.8, 4) is 11.8 Å². The molecule has 142 valence electrons. The van der Waals surface area contributed by atoms with Crippen molar-refractivity contribution in [2.24, 2.45) is 5.92 Å². The molecule has 0 aliphatic carbocycles. The Balaban J connectivity index is 1.92. The molecule has 0 saturated heterocycles. The van der Waals surface area contributed by atoms with Gasteiger partial charge in [-0.1, -0.05) is 108 Å². The fourth-order valence-corrected chi connectivity index (χ4v) is 3.68. The summed E-state index contributed by atoms with van der Waals surface area (Å²) in [5.41, 5.74) is 3.65. The van der Waals surface area contributed by atoms with Crippen LogP contribution in [0.4, 0.5) is 0 Å². The Kier molecular flexibility index (Phi) is 7.48. The molecule has 3 aromatic carbocycles. The number of hydrogen-bond acceptors (Lipinski definition) is 1. The quantitative estimate of drug-likeness (QED) is 0.401. The Bertz CT molecular complexity index is 923. The van der Waals surface area contributed by atoms with Crippen LogP contribution >= 0.6 is 15.9 Å². The van der Waals surface area contributed by atoms with Crippen LogP contribution in [0.1, 0.15) is 30.5 Å². The van der Waals surface area contributed by atoms with E-state index in [1.54, 1.807) is 0 Å². The number of benzene rings is 3. The highest BCUT2D eigenvalue weighted by Crippen LogP contribution is 2.23. The van der Waals surface area contributed by atoms with Crippen LogP contribution in [-0.4, -0.2) is 10.9 Å². The van der Waals surface area contributed by atoms with E-state index < -0.39 is 0 Å². The average Bonchev–Trinajstić information content (AvgIpc) is 2.71. The van der Waals surface area contributed by atoms with Crippen molar-refractivity contribution in [1.29, 1.82) is 0 Å². The molecule has 0 N–H and O–H groups in total. The molecule has 3 rings (SSSR count). The minimum absolute atomic E-state index is 0.160. The molecule has 0 bridgehead atoms. The lowest BCUT2D eigenvalue weighted by molar-refractivity contribution is 0.179. The molecular formula is C26H26BrN. The van der Waals surface area contributed by atoms with Crippen LogP contribution in [0, 0.1) is 17.8 Å². The highest BCUT2D eigenvalue weighted by molar-refractivity contribution is 9.10. The number of rotatable bonds is 6. The molecule has 0 aliphatic rings. The van der Waals surface area contributed by atoms with Gasteiger partial charge in [-0.3, -0.25) is 4.90 Å². The molecule has 0 radical (unpaired) electrons. The molecule has 0 aromatic heterocycles. The molecule has 0 saturated carbocycles. The van der Waals surface area contributed by atoms with E-state index >= 15 is 0 Å². The first kappa shape index (κ1) is 20.4. The summed E-state index contributed by atoms with van der Waals surface area (Å²) >= 11 is 3.71. The van der Waals surface area contributed by atoms with Crippen molar-refractivity contribution in [3.63, 3.8) is 0 Å². The Hall–Kier alpha value is -2.34. The van der Waals surface area contributed by atoms with Gasteiger partial charge in [0.25, 0.3) is 0 Å². The molecule has 0 spiro atoms. The summed E-state index contributed by atoms with van der Waals surface area (Å²) in [6, 6.07) is 29.5. The summed E-state index contributed by atoms with van der Waals surface area (Å²) in [6.07, 6.45) is 0. The van der Waals surface area contributed by atoms with E-state index in [1.807, 2.05) is 18.2 Å². The standard InChI is InChI=1S/C26H26BrN/c1-21(2)26(18-17-22-11-5-3-6-12-22)28(19-23-13-7-4-8-14-23)20-24-15-9-10-16-25(24)27/h3-16,21,26H,19-20H2,1-2H3. The summed E-state index contributed by atoms with van der Waals surface area (Å²) in [5, 5.41) is 0. The van der Waals surface area contributed by atoms with E-state index in [-0.39, 0.29) is 6.04 Å². The zero-order valence-electron chi connectivity index (χ0n) is 16.5. The largest absolute Gasteiger partial charge is 0.281 e. The predicted molar refractivity (Wildman–Crippen MR) is 122 cm³/mol. The van der Waals surface area contributed by atoms with Gasteiger partial charge in [-0.25, -0.2) is 0 Å². The van der Waals surface area contributed by atoms with Crippen molar-refractivity contribution in [1.82, 2.24) is 4.90 Å². The number of halogens is 1. The van der Waals surface area contributed by atoms with Gasteiger partial charge >= 0.3 is 0 Å². The highest BCUT2D eigenvalue weighted by atomic mass is 79.9. The molecular weight excluding hydrogens is 406 g/mol. The fourth-order valence-electron chi connectivity index (χ4n) is 3.27. The van der Waals surface area contributed by atoms with Gasteiger partial charge in [0.15, 0.2) is 0 Å². The van der Waals surface area contributed by atoms with Crippen LogP contribution in [0.15, 0.2) is 89.4 Å². The van der Waals surface area contributed by atoms with Gasteiger partial charge in [0.2, 0.25) is 0 Å². The van der Waals surface area contributed by atoms with Gasteiger partial charge in [-0.2, -0.15) is 0 Å². The molecule has 28 heavy (non-hydrogen) atoms. The predicted octanol–water partition coefficient (Wildman–Crippen LogP) is 6.53. The van der Waals surface area contributed by atoms with Crippen molar-refractivity contribution in [3.05, 3.63) is 106 Å². The first-order chi connectivity index (χ1) is 13.6. The van der Waals surface area contributed by atoms with Gasteiger partial charge in [0.1, 0.15) is 0 Å². The lowest BCUT2D eigenvalue weighted by Gasteiger charge is -2.31. The third-order valence-corrected chi connectivity index (χ3v) is 5.50. The van der Waals surface area contributed by atoms with E-state index in [9.17, 15) is 0 Å². The van der Waals surface area contributed by atoms with Crippen LogP contribution in [-0.2, 0) is 13.1 Å². The smallest absolute Gasteiger partial charge is 0.0747 e. The summed E-state index contributed by atoms with van der Waals surface area (Å²) < 4.78 is 1.14. The number of hydrogen-bond donors (Lipinski definition) is 0. The Morgan fingerprint density at radius 3 is 2.04 bits per heavy atom. The van der Waals surface area contributed by atoms with Gasteiger partial charge in [0, 0.05) is 23.1 Å². The van der Waals surface area contributed by atoms with Crippen molar-refractivity contribution >= 4 is 15.9 Å². The van der Waals surface area contributed by atoms with Crippen molar-refractivity contribution in [2.75, 3.05) is 0 Å². The molecule has 3 aromatic rings. The van der Waals surface area contributed by atoms with Crippen LogP contribution in [0.2, 0.25) is 0 Å². The van der Waals surface area contributed by atoms with Crippen LogP contribution in [0.3, 0.4) is 0 Å². The van der Waals surface area contributed by atoms with Crippen LogP contribution < -0.4 is 0 Å². The first-order valence-corrected chi connectivity index (χ1v) is 10.5. The van der Waals surface area contributed by atoms with E-state index in [0.717, 1.165) is 23.1 Å². The lowest BCUT2D eigenvalue weighted by atomic mass is 10.0. The third kappa shape index (κ3) is 5.83. The maximum absolute atomic E-state index is 3.71. The van der Waals surface area contributed by atoms with Crippen molar-refractivity contribution < 1.29 is 0 Å². The molecule has 0 fully saturated rings. The minimum atomic E-state index is 0.160. The van der Waals surface area contributed by atoms with E-state index in [2.05, 4.69) is 113 Å². The third-order valence-electron chi connectivity index (χ3n) is 4.72.